The average molecular weight is 195 g/mol. The molecule has 0 saturated carbocycles. The molecule has 0 radical (unpaired) electrons. The lowest BCUT2D eigenvalue weighted by Gasteiger charge is -2.14. The minimum absolute atomic E-state index is 0.0985. The summed E-state index contributed by atoms with van der Waals surface area (Å²) in [5.74, 6) is 0.416. The predicted molar refractivity (Wildman–Crippen MR) is 51.1 cm³/mol. The molecule has 14 heavy (non-hydrogen) atoms. The Morgan fingerprint density at radius 3 is 2.86 bits per heavy atom. The van der Waals surface area contributed by atoms with E-state index in [1.807, 2.05) is 6.92 Å². The Hall–Kier alpha value is -1.52. The number of aromatic nitrogens is 1. The molecule has 0 bridgehead atoms. The van der Waals surface area contributed by atoms with E-state index in [2.05, 4.69) is 10.5 Å². The molecule has 2 amide bonds. The Morgan fingerprint density at radius 1 is 1.57 bits per heavy atom. The molecule has 1 aliphatic rings. The van der Waals surface area contributed by atoms with Crippen LogP contribution in [0.1, 0.15) is 18.5 Å². The molecule has 0 aliphatic carbocycles. The van der Waals surface area contributed by atoms with E-state index in [1.54, 1.807) is 11.0 Å². The van der Waals surface area contributed by atoms with Crippen molar-refractivity contribution in [2.24, 2.45) is 0 Å². The van der Waals surface area contributed by atoms with Gasteiger partial charge in [-0.05, 0) is 19.8 Å². The molecule has 1 N–H and O–H groups in total. The van der Waals surface area contributed by atoms with E-state index < -0.39 is 0 Å². The zero-order valence-corrected chi connectivity index (χ0v) is 8.12. The van der Waals surface area contributed by atoms with Crippen LogP contribution in [0.3, 0.4) is 0 Å². The van der Waals surface area contributed by atoms with Gasteiger partial charge in [0.1, 0.15) is 0 Å². The average Bonchev–Trinajstić information content (AvgIpc) is 2.75. The van der Waals surface area contributed by atoms with Crippen LogP contribution in [0.5, 0.6) is 0 Å². The van der Waals surface area contributed by atoms with Gasteiger partial charge in [-0.3, -0.25) is 5.32 Å². The van der Waals surface area contributed by atoms with Gasteiger partial charge in [-0.1, -0.05) is 5.16 Å². The van der Waals surface area contributed by atoms with E-state index in [4.69, 9.17) is 4.52 Å². The second-order valence-electron chi connectivity index (χ2n) is 3.46. The highest BCUT2D eigenvalue weighted by molar-refractivity contribution is 5.88. The normalized spacial score (nSPS) is 15.9. The molecule has 2 heterocycles. The van der Waals surface area contributed by atoms with Crippen molar-refractivity contribution in [3.8, 4) is 0 Å². The number of urea groups is 1. The Labute approximate surface area is 82.1 Å². The highest BCUT2D eigenvalue weighted by atomic mass is 16.5. The number of nitrogens with one attached hydrogen (secondary N) is 1. The zero-order valence-electron chi connectivity index (χ0n) is 8.12. The number of amides is 2. The third kappa shape index (κ3) is 1.86. The minimum atomic E-state index is -0.0985. The molecule has 1 aromatic heterocycles. The molecule has 5 heteroatoms. The number of likely N-dealkylation sites (tertiary alicyclic amines) is 1. The smallest absolute Gasteiger partial charge is 0.324 e. The fourth-order valence-electron chi connectivity index (χ4n) is 1.53. The standard InChI is InChI=1S/C9H13N3O2/c1-7-6-8(14-11-7)10-9(13)12-4-2-3-5-12/h6H,2-5H2,1H3,(H,10,13). The van der Waals surface area contributed by atoms with Gasteiger partial charge in [0.2, 0.25) is 5.88 Å². The van der Waals surface area contributed by atoms with Gasteiger partial charge in [0.25, 0.3) is 0 Å². The summed E-state index contributed by atoms with van der Waals surface area (Å²) in [5, 5.41) is 6.35. The van der Waals surface area contributed by atoms with Gasteiger partial charge in [-0.15, -0.1) is 0 Å². The quantitative estimate of drug-likeness (QED) is 0.740. The first-order valence-electron chi connectivity index (χ1n) is 4.75. The fourth-order valence-corrected chi connectivity index (χ4v) is 1.53. The first-order chi connectivity index (χ1) is 6.75. The van der Waals surface area contributed by atoms with Crippen LogP contribution < -0.4 is 5.32 Å². The second-order valence-corrected chi connectivity index (χ2v) is 3.46. The summed E-state index contributed by atoms with van der Waals surface area (Å²) >= 11 is 0. The maximum Gasteiger partial charge on any atom is 0.324 e. The van der Waals surface area contributed by atoms with Crippen LogP contribution in [0.4, 0.5) is 10.7 Å². The molecule has 0 atom stereocenters. The summed E-state index contributed by atoms with van der Waals surface area (Å²) in [6, 6.07) is 1.60. The number of hydrogen-bond acceptors (Lipinski definition) is 3. The molecular formula is C9H13N3O2. The molecule has 0 unspecified atom stereocenters. The Balaban J connectivity index is 1.93. The van der Waals surface area contributed by atoms with E-state index in [1.165, 1.54) is 0 Å². The summed E-state index contributed by atoms with van der Waals surface area (Å²) in [5.41, 5.74) is 0.765. The summed E-state index contributed by atoms with van der Waals surface area (Å²) in [4.78, 5) is 13.3. The van der Waals surface area contributed by atoms with Crippen LogP contribution in [-0.2, 0) is 0 Å². The summed E-state index contributed by atoms with van der Waals surface area (Å²) in [6.45, 7) is 3.48. The van der Waals surface area contributed by atoms with Crippen molar-refractivity contribution in [3.05, 3.63) is 11.8 Å². The van der Waals surface area contributed by atoms with Gasteiger partial charge >= 0.3 is 6.03 Å². The molecule has 1 aromatic rings. The number of carbonyl (C=O) groups is 1. The maximum absolute atomic E-state index is 11.6. The third-order valence-electron chi connectivity index (χ3n) is 2.25. The van der Waals surface area contributed by atoms with Crippen molar-refractivity contribution < 1.29 is 9.32 Å². The van der Waals surface area contributed by atoms with Gasteiger partial charge in [-0.2, -0.15) is 0 Å². The molecule has 1 saturated heterocycles. The molecule has 0 aromatic carbocycles. The van der Waals surface area contributed by atoms with Crippen LogP contribution in [-0.4, -0.2) is 29.2 Å². The Morgan fingerprint density at radius 2 is 2.29 bits per heavy atom. The molecule has 0 spiro atoms. The minimum Gasteiger partial charge on any atom is -0.338 e. The number of carbonyl (C=O) groups excluding carboxylic acids is 1. The van der Waals surface area contributed by atoms with Gasteiger partial charge in [0.15, 0.2) is 0 Å². The fraction of sp³-hybridized carbons (Fsp3) is 0.556. The molecular weight excluding hydrogens is 182 g/mol. The molecule has 5 nitrogen and oxygen atoms in total. The van der Waals surface area contributed by atoms with E-state index in [-0.39, 0.29) is 6.03 Å². The van der Waals surface area contributed by atoms with E-state index in [0.717, 1.165) is 31.6 Å². The van der Waals surface area contributed by atoms with Crippen molar-refractivity contribution in [2.75, 3.05) is 18.4 Å². The van der Waals surface area contributed by atoms with Gasteiger partial charge in [0, 0.05) is 19.2 Å². The third-order valence-corrected chi connectivity index (χ3v) is 2.25. The first-order valence-corrected chi connectivity index (χ1v) is 4.75. The predicted octanol–water partition coefficient (Wildman–Crippen LogP) is 1.61. The van der Waals surface area contributed by atoms with Crippen LogP contribution in [0.25, 0.3) is 0 Å². The first kappa shape index (κ1) is 9.05. The number of rotatable bonds is 1. The van der Waals surface area contributed by atoms with E-state index in [9.17, 15) is 4.79 Å². The van der Waals surface area contributed by atoms with Crippen molar-refractivity contribution >= 4 is 11.9 Å². The summed E-state index contributed by atoms with van der Waals surface area (Å²) in [6.07, 6.45) is 2.17. The molecule has 1 fully saturated rings. The van der Waals surface area contributed by atoms with Crippen LogP contribution in [0.2, 0.25) is 0 Å². The monoisotopic (exact) mass is 195 g/mol. The van der Waals surface area contributed by atoms with Gasteiger partial charge in [-0.25, -0.2) is 4.79 Å². The van der Waals surface area contributed by atoms with Crippen molar-refractivity contribution in [1.29, 1.82) is 0 Å². The Kier molecular flexibility index (Phi) is 2.39. The zero-order chi connectivity index (χ0) is 9.97. The SMILES string of the molecule is Cc1cc(NC(=O)N2CCCC2)on1. The number of anilines is 1. The number of nitrogens with zero attached hydrogens (tertiary/aromatic N) is 2. The summed E-state index contributed by atoms with van der Waals surface area (Å²) < 4.78 is 4.89. The maximum atomic E-state index is 11.6. The second kappa shape index (κ2) is 3.69. The number of hydrogen-bond donors (Lipinski definition) is 1. The van der Waals surface area contributed by atoms with Crippen molar-refractivity contribution in [3.63, 3.8) is 0 Å². The lowest BCUT2D eigenvalue weighted by Crippen LogP contribution is -2.31. The topological polar surface area (TPSA) is 58.4 Å². The lowest BCUT2D eigenvalue weighted by atomic mass is 10.4. The highest BCUT2D eigenvalue weighted by Crippen LogP contribution is 2.12. The lowest BCUT2D eigenvalue weighted by molar-refractivity contribution is 0.221. The van der Waals surface area contributed by atoms with E-state index >= 15 is 0 Å². The molecule has 76 valence electrons. The van der Waals surface area contributed by atoms with Gasteiger partial charge in [0.05, 0.1) is 5.69 Å². The Bertz CT molecular complexity index is 329. The van der Waals surface area contributed by atoms with Crippen LogP contribution in [0, 0.1) is 6.92 Å². The summed E-state index contributed by atoms with van der Waals surface area (Å²) in [7, 11) is 0. The van der Waals surface area contributed by atoms with Crippen molar-refractivity contribution in [1.82, 2.24) is 10.1 Å². The van der Waals surface area contributed by atoms with Gasteiger partial charge < -0.3 is 9.42 Å². The highest BCUT2D eigenvalue weighted by Gasteiger charge is 2.18. The van der Waals surface area contributed by atoms with Crippen LogP contribution >= 0.6 is 0 Å². The largest absolute Gasteiger partial charge is 0.338 e. The van der Waals surface area contributed by atoms with E-state index in [0.29, 0.717) is 5.88 Å². The van der Waals surface area contributed by atoms with Crippen molar-refractivity contribution in [2.45, 2.75) is 19.8 Å². The van der Waals surface area contributed by atoms with Crippen LogP contribution in [0.15, 0.2) is 10.6 Å². The number of aryl methyl sites for hydroxylation is 1. The molecule has 1 aliphatic heterocycles. The molecule has 2 rings (SSSR count).